The van der Waals surface area contributed by atoms with Crippen LogP contribution in [0, 0.1) is 0 Å². The smallest absolute Gasteiger partial charge is 0.238 e. The predicted molar refractivity (Wildman–Crippen MR) is 192 cm³/mol. The number of benzene rings is 6. The first kappa shape index (κ1) is 26.5. The fraction of sp³-hybridized carbons (Fsp3) is 0. The maximum atomic E-state index is 5.20. The fourth-order valence-electron chi connectivity index (χ4n) is 7.04. The van der Waals surface area contributed by atoms with Crippen LogP contribution in [0.2, 0.25) is 0 Å². The van der Waals surface area contributed by atoms with E-state index in [2.05, 4.69) is 86.9 Å². The SMILES string of the molecule is c1ccc(-c2nc(-c3ccccc3)nc(-n3c4ccccc4c4ccc5c6c7ncncc7ccc6n(-c6ccccc6)c5c43)n2)cc1. The van der Waals surface area contributed by atoms with Crippen molar-refractivity contribution < 1.29 is 0 Å². The molecule has 7 heteroatoms. The third-order valence-corrected chi connectivity index (χ3v) is 9.10. The molecule has 0 saturated heterocycles. The zero-order chi connectivity index (χ0) is 31.6. The van der Waals surface area contributed by atoms with E-state index in [0.717, 1.165) is 71.3 Å². The lowest BCUT2D eigenvalue weighted by Gasteiger charge is -2.13. The Morgan fingerprint density at radius 1 is 0.458 bits per heavy atom. The minimum atomic E-state index is 0.554. The van der Waals surface area contributed by atoms with Crippen LogP contribution in [0.1, 0.15) is 0 Å². The average molecular weight is 616 g/mol. The first-order valence-corrected chi connectivity index (χ1v) is 15.9. The normalized spacial score (nSPS) is 11.8. The van der Waals surface area contributed by atoms with E-state index in [1.54, 1.807) is 6.33 Å². The van der Waals surface area contributed by atoms with Crippen LogP contribution in [0.3, 0.4) is 0 Å². The zero-order valence-electron chi connectivity index (χ0n) is 25.6. The monoisotopic (exact) mass is 615 g/mol. The molecule has 0 saturated carbocycles. The van der Waals surface area contributed by atoms with Crippen molar-refractivity contribution in [3.05, 3.63) is 152 Å². The molecule has 7 nitrogen and oxygen atoms in total. The van der Waals surface area contributed by atoms with E-state index in [1.807, 2.05) is 72.9 Å². The predicted octanol–water partition coefficient (Wildman–Crippen LogP) is 9.34. The molecule has 0 bridgehead atoms. The van der Waals surface area contributed by atoms with Gasteiger partial charge in [-0.2, -0.15) is 9.97 Å². The second kappa shape index (κ2) is 10.4. The molecule has 0 radical (unpaired) electrons. The molecule has 224 valence electrons. The molecule has 0 spiro atoms. The number of hydrogen-bond acceptors (Lipinski definition) is 5. The summed E-state index contributed by atoms with van der Waals surface area (Å²) in [5.41, 5.74) is 7.98. The van der Waals surface area contributed by atoms with E-state index in [9.17, 15) is 0 Å². The number of nitrogens with zero attached hydrogens (tertiary/aromatic N) is 7. The summed E-state index contributed by atoms with van der Waals surface area (Å²) in [6.07, 6.45) is 3.51. The number of aromatic nitrogens is 7. The topological polar surface area (TPSA) is 74.3 Å². The van der Waals surface area contributed by atoms with Gasteiger partial charge in [-0.15, -0.1) is 0 Å². The van der Waals surface area contributed by atoms with Gasteiger partial charge in [0.25, 0.3) is 0 Å². The Morgan fingerprint density at radius 2 is 1.08 bits per heavy atom. The highest BCUT2D eigenvalue weighted by atomic mass is 15.2. The van der Waals surface area contributed by atoms with Gasteiger partial charge < -0.3 is 4.57 Å². The van der Waals surface area contributed by atoms with Gasteiger partial charge in [0, 0.05) is 49.9 Å². The second-order valence-electron chi connectivity index (χ2n) is 11.8. The van der Waals surface area contributed by atoms with Crippen LogP contribution in [0.4, 0.5) is 0 Å². The van der Waals surface area contributed by atoms with Gasteiger partial charge in [0.15, 0.2) is 11.6 Å². The molecule has 0 atom stereocenters. The number of fused-ring (bicyclic) bond motifs is 9. The Hall–Kier alpha value is -6.73. The third-order valence-electron chi connectivity index (χ3n) is 9.10. The van der Waals surface area contributed by atoms with Crippen molar-refractivity contribution >= 4 is 54.5 Å². The summed E-state index contributed by atoms with van der Waals surface area (Å²) in [7, 11) is 0. The van der Waals surface area contributed by atoms with Crippen LogP contribution in [-0.4, -0.2) is 34.1 Å². The van der Waals surface area contributed by atoms with Crippen LogP contribution in [-0.2, 0) is 0 Å². The van der Waals surface area contributed by atoms with Crippen molar-refractivity contribution in [2.24, 2.45) is 0 Å². The summed E-state index contributed by atoms with van der Waals surface area (Å²) in [5, 5.41) is 5.40. The first-order chi connectivity index (χ1) is 23.8. The van der Waals surface area contributed by atoms with Crippen molar-refractivity contribution in [3.63, 3.8) is 0 Å². The zero-order valence-corrected chi connectivity index (χ0v) is 25.6. The number of hydrogen-bond donors (Lipinski definition) is 0. The first-order valence-electron chi connectivity index (χ1n) is 15.9. The van der Waals surface area contributed by atoms with Gasteiger partial charge in [-0.3, -0.25) is 4.57 Å². The van der Waals surface area contributed by atoms with Gasteiger partial charge in [0.05, 0.1) is 27.6 Å². The Kier molecular flexibility index (Phi) is 5.74. The standard InChI is InChI=1S/C41H25N7/c1-4-12-26(13-5-1)39-44-40(27-14-6-2-7-15-27)46-41(45-39)48-33-19-11-10-18-30(33)31-21-22-32-35-34(23-20-28-24-42-25-43-36(28)35)47(38(32)37(31)48)29-16-8-3-9-17-29/h1-25H. The molecule has 0 amide bonds. The minimum absolute atomic E-state index is 0.554. The van der Waals surface area contributed by atoms with E-state index in [4.69, 9.17) is 19.9 Å². The van der Waals surface area contributed by atoms with Gasteiger partial charge in [-0.05, 0) is 30.3 Å². The quantitative estimate of drug-likeness (QED) is 0.197. The van der Waals surface area contributed by atoms with E-state index >= 15 is 0 Å². The molecule has 0 unspecified atom stereocenters. The summed E-state index contributed by atoms with van der Waals surface area (Å²) in [5.74, 6) is 1.78. The number of rotatable bonds is 4. The summed E-state index contributed by atoms with van der Waals surface area (Å²) in [6, 6.07) is 47.9. The van der Waals surface area contributed by atoms with Gasteiger partial charge in [-0.1, -0.05) is 109 Å². The van der Waals surface area contributed by atoms with Crippen LogP contribution in [0.25, 0.3) is 88.9 Å². The molecule has 0 aliphatic carbocycles. The van der Waals surface area contributed by atoms with Crippen molar-refractivity contribution in [3.8, 4) is 34.4 Å². The number of para-hydroxylation sites is 2. The molecule has 0 aliphatic heterocycles. The van der Waals surface area contributed by atoms with Gasteiger partial charge in [0.1, 0.15) is 6.33 Å². The summed E-state index contributed by atoms with van der Waals surface area (Å²) in [6.45, 7) is 0. The van der Waals surface area contributed by atoms with Crippen molar-refractivity contribution in [1.29, 1.82) is 0 Å². The molecule has 10 rings (SSSR count). The van der Waals surface area contributed by atoms with E-state index in [1.165, 1.54) is 0 Å². The van der Waals surface area contributed by atoms with E-state index < -0.39 is 0 Å². The molecular weight excluding hydrogens is 591 g/mol. The lowest BCUT2D eigenvalue weighted by Crippen LogP contribution is -2.07. The molecule has 6 aromatic carbocycles. The summed E-state index contributed by atoms with van der Waals surface area (Å²) < 4.78 is 4.56. The van der Waals surface area contributed by atoms with Crippen molar-refractivity contribution in [2.75, 3.05) is 0 Å². The lowest BCUT2D eigenvalue weighted by molar-refractivity contribution is 0.953. The molecular formula is C41H25N7. The maximum absolute atomic E-state index is 5.20. The van der Waals surface area contributed by atoms with Crippen LogP contribution < -0.4 is 0 Å². The van der Waals surface area contributed by atoms with Crippen LogP contribution in [0.5, 0.6) is 0 Å². The van der Waals surface area contributed by atoms with Crippen LogP contribution >= 0.6 is 0 Å². The minimum Gasteiger partial charge on any atom is -0.307 e. The second-order valence-corrected chi connectivity index (χ2v) is 11.8. The van der Waals surface area contributed by atoms with Gasteiger partial charge >= 0.3 is 0 Å². The molecule has 4 aromatic heterocycles. The van der Waals surface area contributed by atoms with Crippen molar-refractivity contribution in [1.82, 2.24) is 34.1 Å². The largest absolute Gasteiger partial charge is 0.307 e. The van der Waals surface area contributed by atoms with Gasteiger partial charge in [0.2, 0.25) is 5.95 Å². The van der Waals surface area contributed by atoms with E-state index in [0.29, 0.717) is 17.6 Å². The molecule has 0 fully saturated rings. The molecule has 0 aliphatic rings. The average Bonchev–Trinajstić information content (AvgIpc) is 3.69. The van der Waals surface area contributed by atoms with Gasteiger partial charge in [-0.25, -0.2) is 15.0 Å². The molecule has 10 aromatic rings. The van der Waals surface area contributed by atoms with E-state index in [-0.39, 0.29) is 0 Å². The molecule has 4 heterocycles. The summed E-state index contributed by atoms with van der Waals surface area (Å²) in [4.78, 5) is 24.5. The Balaban J connectivity index is 1.42. The Labute approximate surface area is 274 Å². The highest BCUT2D eigenvalue weighted by Crippen LogP contribution is 2.43. The Morgan fingerprint density at radius 3 is 1.81 bits per heavy atom. The highest BCUT2D eigenvalue weighted by Gasteiger charge is 2.24. The molecule has 0 N–H and O–H groups in total. The fourth-order valence-corrected chi connectivity index (χ4v) is 7.04. The summed E-state index contributed by atoms with van der Waals surface area (Å²) >= 11 is 0. The molecule has 48 heavy (non-hydrogen) atoms. The highest BCUT2D eigenvalue weighted by molar-refractivity contribution is 6.27. The van der Waals surface area contributed by atoms with Crippen LogP contribution in [0.15, 0.2) is 152 Å². The van der Waals surface area contributed by atoms with Crippen molar-refractivity contribution in [2.45, 2.75) is 0 Å². The lowest BCUT2D eigenvalue weighted by atomic mass is 10.1. The third kappa shape index (κ3) is 3.91. The Bertz CT molecular complexity index is 2760. The maximum Gasteiger partial charge on any atom is 0.238 e.